The van der Waals surface area contributed by atoms with Gasteiger partial charge < -0.3 is 15.6 Å². The smallest absolute Gasteiger partial charge is 0.339 e. The maximum Gasteiger partial charge on any atom is 0.339 e. The number of aromatic nitrogens is 2. The molecule has 110 valence electrons. The van der Waals surface area contributed by atoms with Gasteiger partial charge in [0.15, 0.2) is 0 Å². The van der Waals surface area contributed by atoms with Crippen molar-refractivity contribution in [3.63, 3.8) is 0 Å². The molecule has 3 N–H and O–H groups in total. The Morgan fingerprint density at radius 1 is 1.38 bits per heavy atom. The van der Waals surface area contributed by atoms with E-state index in [-0.39, 0.29) is 23.8 Å². The van der Waals surface area contributed by atoms with Gasteiger partial charge in [0, 0.05) is 5.02 Å². The van der Waals surface area contributed by atoms with Gasteiger partial charge in [-0.3, -0.25) is 0 Å². The van der Waals surface area contributed by atoms with E-state index >= 15 is 0 Å². The molecule has 0 atom stereocenters. The molecule has 6 nitrogen and oxygen atoms in total. The molecule has 0 saturated carbocycles. The summed E-state index contributed by atoms with van der Waals surface area (Å²) in [6.07, 6.45) is 0. The Balaban J connectivity index is 2.29. The number of halogens is 1. The first-order valence-corrected chi connectivity index (χ1v) is 6.51. The normalized spacial score (nSPS) is 10.4. The highest BCUT2D eigenvalue weighted by Crippen LogP contribution is 2.23. The molecule has 0 fully saturated rings. The number of hydrogen-bond acceptors (Lipinski definition) is 5. The number of benzene rings is 1. The molecule has 0 spiro atoms. The molecule has 1 heterocycles. The summed E-state index contributed by atoms with van der Waals surface area (Å²) in [5.41, 5.74) is 6.96. The van der Waals surface area contributed by atoms with E-state index < -0.39 is 5.97 Å². The van der Waals surface area contributed by atoms with Crippen LogP contribution in [-0.2, 0) is 6.61 Å². The number of aryl methyl sites for hydroxylation is 2. The van der Waals surface area contributed by atoms with Crippen LogP contribution in [0.2, 0.25) is 5.02 Å². The number of carboxylic acids is 1. The van der Waals surface area contributed by atoms with E-state index in [9.17, 15) is 9.90 Å². The molecule has 0 amide bonds. The summed E-state index contributed by atoms with van der Waals surface area (Å²) >= 11 is 5.87. The minimum absolute atomic E-state index is 0.0100. The van der Waals surface area contributed by atoms with Crippen molar-refractivity contribution in [1.82, 2.24) is 9.97 Å². The number of carbonyl (C=O) groups is 1. The number of hydrogen-bond donors (Lipinski definition) is 2. The summed E-state index contributed by atoms with van der Waals surface area (Å²) in [5.74, 6) is -0.492. The Morgan fingerprint density at radius 3 is 2.71 bits per heavy atom. The van der Waals surface area contributed by atoms with Gasteiger partial charge in [-0.25, -0.2) is 14.8 Å². The topological polar surface area (TPSA) is 98.3 Å². The van der Waals surface area contributed by atoms with Crippen LogP contribution in [0.5, 0.6) is 5.75 Å². The lowest BCUT2D eigenvalue weighted by atomic mass is 10.1. The summed E-state index contributed by atoms with van der Waals surface area (Å²) in [4.78, 5) is 19.1. The van der Waals surface area contributed by atoms with E-state index in [0.717, 1.165) is 5.56 Å². The zero-order chi connectivity index (χ0) is 15.6. The first-order chi connectivity index (χ1) is 9.88. The SMILES string of the molecule is Cc1cc(Cl)ccc1OCc1nc(N)nc(C)c1C(=O)O. The van der Waals surface area contributed by atoms with Crippen molar-refractivity contribution >= 4 is 23.5 Å². The molecule has 2 aromatic rings. The third kappa shape index (κ3) is 3.41. The van der Waals surface area contributed by atoms with Gasteiger partial charge in [0.25, 0.3) is 0 Å². The maximum atomic E-state index is 11.3. The first-order valence-electron chi connectivity index (χ1n) is 6.13. The number of aromatic carboxylic acids is 1. The quantitative estimate of drug-likeness (QED) is 0.901. The highest BCUT2D eigenvalue weighted by molar-refractivity contribution is 6.30. The van der Waals surface area contributed by atoms with Crippen LogP contribution < -0.4 is 10.5 Å². The molecule has 0 aliphatic rings. The summed E-state index contributed by atoms with van der Waals surface area (Å²) in [7, 11) is 0. The molecule has 2 rings (SSSR count). The van der Waals surface area contributed by atoms with Gasteiger partial charge in [-0.1, -0.05) is 11.6 Å². The summed E-state index contributed by atoms with van der Waals surface area (Å²) in [6.45, 7) is 3.40. The molecular weight excluding hydrogens is 294 g/mol. The number of anilines is 1. The Hall–Kier alpha value is -2.34. The number of nitrogens with zero attached hydrogens (tertiary/aromatic N) is 2. The minimum Gasteiger partial charge on any atom is -0.487 e. The second kappa shape index (κ2) is 5.97. The van der Waals surface area contributed by atoms with E-state index in [0.29, 0.717) is 16.5 Å². The highest BCUT2D eigenvalue weighted by atomic mass is 35.5. The zero-order valence-electron chi connectivity index (χ0n) is 11.6. The largest absolute Gasteiger partial charge is 0.487 e. The Labute approximate surface area is 126 Å². The van der Waals surface area contributed by atoms with Crippen LogP contribution in [0, 0.1) is 13.8 Å². The van der Waals surface area contributed by atoms with E-state index in [1.54, 1.807) is 25.1 Å². The van der Waals surface area contributed by atoms with Crippen LogP contribution >= 0.6 is 11.6 Å². The zero-order valence-corrected chi connectivity index (χ0v) is 12.3. The molecule has 1 aromatic heterocycles. The third-order valence-corrected chi connectivity index (χ3v) is 3.13. The van der Waals surface area contributed by atoms with Gasteiger partial charge in [0.1, 0.15) is 17.9 Å². The predicted molar refractivity (Wildman–Crippen MR) is 78.7 cm³/mol. The molecule has 0 radical (unpaired) electrons. The van der Waals surface area contributed by atoms with Gasteiger partial charge >= 0.3 is 5.97 Å². The molecule has 21 heavy (non-hydrogen) atoms. The molecule has 0 saturated heterocycles. The summed E-state index contributed by atoms with van der Waals surface area (Å²) in [6, 6.07) is 5.17. The standard InChI is InChI=1S/C14H14ClN3O3/c1-7-5-9(15)3-4-11(7)21-6-10-12(13(19)20)8(2)17-14(16)18-10/h3-5H,6H2,1-2H3,(H,19,20)(H2,16,17,18). The van der Waals surface area contributed by atoms with Crippen LogP contribution in [0.4, 0.5) is 5.95 Å². The molecule has 0 aliphatic heterocycles. The molecule has 0 aliphatic carbocycles. The van der Waals surface area contributed by atoms with E-state index in [4.69, 9.17) is 22.1 Å². The van der Waals surface area contributed by atoms with Crippen LogP contribution in [0.1, 0.15) is 27.3 Å². The monoisotopic (exact) mass is 307 g/mol. The molecule has 1 aromatic carbocycles. The van der Waals surface area contributed by atoms with Gasteiger partial charge in [0.2, 0.25) is 5.95 Å². The average molecular weight is 308 g/mol. The fourth-order valence-corrected chi connectivity index (χ4v) is 2.19. The lowest BCUT2D eigenvalue weighted by molar-refractivity contribution is 0.0691. The predicted octanol–water partition coefficient (Wildman–Crippen LogP) is 2.61. The van der Waals surface area contributed by atoms with Crippen molar-refractivity contribution < 1.29 is 14.6 Å². The average Bonchev–Trinajstić information content (AvgIpc) is 2.36. The summed E-state index contributed by atoms with van der Waals surface area (Å²) in [5, 5.41) is 9.84. The highest BCUT2D eigenvalue weighted by Gasteiger charge is 2.18. The van der Waals surface area contributed by atoms with Gasteiger partial charge in [0.05, 0.1) is 11.4 Å². The van der Waals surface area contributed by atoms with Crippen LogP contribution in [0.15, 0.2) is 18.2 Å². The lowest BCUT2D eigenvalue weighted by Crippen LogP contribution is -2.14. The van der Waals surface area contributed by atoms with Crippen molar-refractivity contribution in [3.05, 3.63) is 45.7 Å². The third-order valence-electron chi connectivity index (χ3n) is 2.90. The van der Waals surface area contributed by atoms with Crippen LogP contribution in [-0.4, -0.2) is 21.0 Å². The Morgan fingerprint density at radius 2 is 2.10 bits per heavy atom. The van der Waals surface area contributed by atoms with Crippen molar-refractivity contribution in [3.8, 4) is 5.75 Å². The minimum atomic E-state index is -1.11. The van der Waals surface area contributed by atoms with Crippen LogP contribution in [0.25, 0.3) is 0 Å². The Kier molecular flexibility index (Phi) is 4.28. The van der Waals surface area contributed by atoms with E-state index in [1.165, 1.54) is 0 Å². The number of ether oxygens (including phenoxy) is 1. The fourth-order valence-electron chi connectivity index (χ4n) is 1.96. The lowest BCUT2D eigenvalue weighted by Gasteiger charge is -2.12. The fraction of sp³-hybridized carbons (Fsp3) is 0.214. The molecule has 7 heteroatoms. The van der Waals surface area contributed by atoms with Crippen molar-refractivity contribution in [2.45, 2.75) is 20.5 Å². The molecule has 0 unspecified atom stereocenters. The number of rotatable bonds is 4. The summed E-state index contributed by atoms with van der Waals surface area (Å²) < 4.78 is 5.61. The van der Waals surface area contributed by atoms with Crippen molar-refractivity contribution in [2.75, 3.05) is 5.73 Å². The molecule has 0 bridgehead atoms. The second-order valence-electron chi connectivity index (χ2n) is 4.49. The van der Waals surface area contributed by atoms with Gasteiger partial charge in [-0.2, -0.15) is 0 Å². The number of carboxylic acid groups (broad SMARTS) is 1. The van der Waals surface area contributed by atoms with Gasteiger partial charge in [-0.15, -0.1) is 0 Å². The number of nitrogen functional groups attached to an aromatic ring is 1. The first kappa shape index (κ1) is 15.1. The van der Waals surface area contributed by atoms with Crippen molar-refractivity contribution in [1.29, 1.82) is 0 Å². The van der Waals surface area contributed by atoms with Gasteiger partial charge in [-0.05, 0) is 37.6 Å². The maximum absolute atomic E-state index is 11.3. The Bertz CT molecular complexity index is 704. The second-order valence-corrected chi connectivity index (χ2v) is 4.93. The van der Waals surface area contributed by atoms with E-state index in [2.05, 4.69) is 9.97 Å². The van der Waals surface area contributed by atoms with Crippen LogP contribution in [0.3, 0.4) is 0 Å². The number of nitrogens with two attached hydrogens (primary N) is 1. The molecular formula is C14H14ClN3O3. The van der Waals surface area contributed by atoms with E-state index in [1.807, 2.05) is 6.92 Å². The van der Waals surface area contributed by atoms with Crippen molar-refractivity contribution in [2.24, 2.45) is 0 Å².